The first kappa shape index (κ1) is 42.9. The molecule has 1 atom stereocenters. The minimum Gasteiger partial charge on any atom is -0.477 e. The van der Waals surface area contributed by atoms with Gasteiger partial charge in [0.15, 0.2) is 5.82 Å². The standard InChI is InChI=1S/C42H48F4N8O5/c1-24-21-30(37(56)48-32-17-19-54(2)20-18-32)13-16-33(24)27-7-3-25(4-8-27)22-34(50-36(55)29-9-5-26(23-47)6-10-29)38(57)49-31-14-11-28(12-15-31)35-51-39(53-52-35)41(43,44)42(45,46)40(58)59/h3-4,7-8,11-16,21,26,29,32,34H,5-6,9-10,17-20,22-23,47H2,1-2H3,(H,48,56)(H,49,57)(H,50,55)(H,58,59)(H,51,52,53)/t26?,29?,34-/m0/s1. The van der Waals surface area contributed by atoms with Gasteiger partial charge in [-0.2, -0.15) is 22.7 Å². The molecule has 3 amide bonds. The molecule has 7 N–H and O–H groups in total. The zero-order valence-electron chi connectivity index (χ0n) is 32.7. The van der Waals surface area contributed by atoms with Gasteiger partial charge in [0, 0.05) is 35.2 Å². The van der Waals surface area contributed by atoms with Gasteiger partial charge in [-0.25, -0.2) is 9.78 Å². The monoisotopic (exact) mass is 820 g/mol. The first-order valence-corrected chi connectivity index (χ1v) is 19.6. The Labute approximate surface area is 338 Å². The van der Waals surface area contributed by atoms with Crippen LogP contribution < -0.4 is 21.7 Å². The maximum atomic E-state index is 14.2. The van der Waals surface area contributed by atoms with Gasteiger partial charge < -0.3 is 31.7 Å². The molecule has 1 aliphatic carbocycles. The number of carbonyl (C=O) groups excluding carboxylic acids is 3. The molecule has 1 saturated heterocycles. The summed E-state index contributed by atoms with van der Waals surface area (Å²) in [5, 5.41) is 22.7. The van der Waals surface area contributed by atoms with Crippen molar-refractivity contribution in [1.82, 2.24) is 30.7 Å². The molecule has 13 nitrogen and oxygen atoms in total. The molecule has 2 aliphatic rings. The van der Waals surface area contributed by atoms with Crippen LogP contribution in [0.4, 0.5) is 23.2 Å². The number of amides is 3. The van der Waals surface area contributed by atoms with Crippen LogP contribution in [-0.4, -0.2) is 93.6 Å². The molecule has 0 radical (unpaired) electrons. The second-order valence-corrected chi connectivity index (χ2v) is 15.5. The zero-order chi connectivity index (χ0) is 42.5. The predicted molar refractivity (Wildman–Crippen MR) is 212 cm³/mol. The average molecular weight is 821 g/mol. The van der Waals surface area contributed by atoms with E-state index in [0.29, 0.717) is 30.9 Å². The van der Waals surface area contributed by atoms with Crippen LogP contribution in [0.25, 0.3) is 22.5 Å². The number of aromatic nitrogens is 3. The molecule has 1 aliphatic heterocycles. The van der Waals surface area contributed by atoms with Crippen molar-refractivity contribution in [2.45, 2.75) is 75.8 Å². The summed E-state index contributed by atoms with van der Waals surface area (Å²) in [4.78, 5) is 56.7. The van der Waals surface area contributed by atoms with E-state index in [-0.39, 0.29) is 47.3 Å². The fourth-order valence-electron chi connectivity index (χ4n) is 7.51. The molecule has 6 rings (SSSR count). The number of carboxylic acid groups (broad SMARTS) is 1. The summed E-state index contributed by atoms with van der Waals surface area (Å²) in [6, 6.07) is 18.0. The molecule has 0 unspecified atom stereocenters. The van der Waals surface area contributed by atoms with Crippen LogP contribution in [0.5, 0.6) is 0 Å². The number of alkyl halides is 4. The lowest BCUT2D eigenvalue weighted by Gasteiger charge is -2.29. The van der Waals surface area contributed by atoms with Crippen molar-refractivity contribution >= 4 is 29.4 Å². The van der Waals surface area contributed by atoms with Crippen LogP contribution in [-0.2, 0) is 26.7 Å². The Morgan fingerprint density at radius 3 is 2.17 bits per heavy atom. The molecule has 0 bridgehead atoms. The Bertz CT molecular complexity index is 2130. The van der Waals surface area contributed by atoms with Gasteiger partial charge in [-0.3, -0.25) is 19.5 Å². The van der Waals surface area contributed by atoms with E-state index in [1.54, 1.807) is 0 Å². The normalized spacial score (nSPS) is 18.5. The lowest BCUT2D eigenvalue weighted by Crippen LogP contribution is -2.48. The summed E-state index contributed by atoms with van der Waals surface area (Å²) in [6.45, 7) is 4.39. The largest absolute Gasteiger partial charge is 0.477 e. The van der Waals surface area contributed by atoms with Gasteiger partial charge in [0.1, 0.15) is 6.04 Å². The quantitative estimate of drug-likeness (QED) is 0.0889. The highest BCUT2D eigenvalue weighted by molar-refractivity contribution is 5.98. The van der Waals surface area contributed by atoms with Crippen LogP contribution in [0.3, 0.4) is 0 Å². The van der Waals surface area contributed by atoms with Crippen LogP contribution in [0.1, 0.15) is 65.8 Å². The summed E-state index contributed by atoms with van der Waals surface area (Å²) >= 11 is 0. The number of nitrogens with zero attached hydrogens (tertiary/aromatic N) is 3. The van der Waals surface area contributed by atoms with E-state index in [1.165, 1.54) is 24.3 Å². The number of carboxylic acids is 1. The molecule has 0 spiro atoms. The number of aryl methyl sites for hydroxylation is 1. The molecule has 2 fully saturated rings. The van der Waals surface area contributed by atoms with Gasteiger partial charge in [-0.15, -0.1) is 0 Å². The number of anilines is 1. The SMILES string of the molecule is Cc1cc(C(=O)NC2CCN(C)CC2)ccc1-c1ccc(C[C@H](NC(=O)C2CCC(CN)CC2)C(=O)Nc2ccc(-c3nc(C(F)(F)C(F)(F)C(=O)O)n[nH]3)cc2)cc1. The Morgan fingerprint density at radius 2 is 1.56 bits per heavy atom. The highest BCUT2D eigenvalue weighted by Crippen LogP contribution is 2.42. The molecule has 314 valence electrons. The molecule has 59 heavy (non-hydrogen) atoms. The topological polar surface area (TPSA) is 195 Å². The maximum absolute atomic E-state index is 14.2. The maximum Gasteiger partial charge on any atom is 0.411 e. The predicted octanol–water partition coefficient (Wildman–Crippen LogP) is 5.51. The Kier molecular flexibility index (Phi) is 13.1. The molecule has 2 heterocycles. The number of nitrogens with two attached hydrogens (primary N) is 1. The van der Waals surface area contributed by atoms with E-state index in [9.17, 15) is 36.7 Å². The molecule has 1 aromatic heterocycles. The molecule has 4 aromatic rings. The molecule has 3 aromatic carbocycles. The van der Waals surface area contributed by atoms with Crippen LogP contribution in [0.2, 0.25) is 0 Å². The summed E-state index contributed by atoms with van der Waals surface area (Å²) in [5.74, 6) is -16.5. The highest BCUT2D eigenvalue weighted by atomic mass is 19.3. The third-order valence-electron chi connectivity index (χ3n) is 11.3. The van der Waals surface area contributed by atoms with Crippen molar-refractivity contribution in [3.63, 3.8) is 0 Å². The smallest absolute Gasteiger partial charge is 0.411 e. The fourth-order valence-corrected chi connectivity index (χ4v) is 7.51. The second-order valence-electron chi connectivity index (χ2n) is 15.5. The van der Waals surface area contributed by atoms with E-state index in [1.807, 2.05) is 49.4 Å². The van der Waals surface area contributed by atoms with Gasteiger partial charge in [0.25, 0.3) is 5.91 Å². The van der Waals surface area contributed by atoms with E-state index in [2.05, 4.69) is 43.1 Å². The Hall–Kier alpha value is -5.68. The number of aromatic amines is 1. The number of halogens is 4. The summed E-state index contributed by atoms with van der Waals surface area (Å²) in [7, 11) is 2.07. The lowest BCUT2D eigenvalue weighted by molar-refractivity contribution is -0.231. The second kappa shape index (κ2) is 18.1. The number of rotatable bonds is 14. The Balaban J connectivity index is 1.14. The van der Waals surface area contributed by atoms with Gasteiger partial charge in [0.05, 0.1) is 0 Å². The third kappa shape index (κ3) is 9.96. The summed E-state index contributed by atoms with van der Waals surface area (Å²) in [5.41, 5.74) is 10.4. The number of hydrogen-bond acceptors (Lipinski definition) is 8. The Morgan fingerprint density at radius 1 is 0.915 bits per heavy atom. The first-order chi connectivity index (χ1) is 28.0. The number of H-pyrrole nitrogens is 1. The van der Waals surface area contributed by atoms with Crippen molar-refractivity contribution in [2.24, 2.45) is 17.6 Å². The molecular weight excluding hydrogens is 773 g/mol. The van der Waals surface area contributed by atoms with Crippen LogP contribution in [0, 0.1) is 18.8 Å². The van der Waals surface area contributed by atoms with Crippen molar-refractivity contribution in [3.8, 4) is 22.5 Å². The van der Waals surface area contributed by atoms with Gasteiger partial charge in [-0.05, 0) is 137 Å². The summed E-state index contributed by atoms with van der Waals surface area (Å²) < 4.78 is 55.9. The average Bonchev–Trinajstić information content (AvgIpc) is 3.73. The van der Waals surface area contributed by atoms with Crippen LogP contribution >= 0.6 is 0 Å². The van der Waals surface area contributed by atoms with Crippen molar-refractivity contribution in [3.05, 3.63) is 89.2 Å². The number of benzene rings is 3. The highest BCUT2D eigenvalue weighted by Gasteiger charge is 2.66. The van der Waals surface area contributed by atoms with Crippen molar-refractivity contribution in [1.29, 1.82) is 0 Å². The minimum absolute atomic E-state index is 0.0975. The van der Waals surface area contributed by atoms with E-state index >= 15 is 0 Å². The van der Waals surface area contributed by atoms with Crippen molar-refractivity contribution in [2.75, 3.05) is 32.0 Å². The van der Waals surface area contributed by atoms with Gasteiger partial charge in [0.2, 0.25) is 17.6 Å². The minimum atomic E-state index is -5.45. The number of hydrogen-bond donors (Lipinski definition) is 6. The van der Waals surface area contributed by atoms with E-state index in [4.69, 9.17) is 10.8 Å². The number of nitrogens with one attached hydrogen (secondary N) is 4. The van der Waals surface area contributed by atoms with Crippen LogP contribution in [0.15, 0.2) is 66.7 Å². The summed E-state index contributed by atoms with van der Waals surface area (Å²) in [6.07, 6.45) is 4.91. The van der Waals surface area contributed by atoms with Crippen molar-refractivity contribution < 1.29 is 41.8 Å². The third-order valence-corrected chi connectivity index (χ3v) is 11.3. The lowest BCUT2D eigenvalue weighted by atomic mass is 9.81. The first-order valence-electron chi connectivity index (χ1n) is 19.6. The number of piperidine rings is 1. The zero-order valence-corrected chi connectivity index (χ0v) is 32.7. The van der Waals surface area contributed by atoms with Gasteiger partial charge in [-0.1, -0.05) is 30.3 Å². The molecule has 1 saturated carbocycles. The van der Waals surface area contributed by atoms with Gasteiger partial charge >= 0.3 is 17.8 Å². The fraction of sp³-hybridized carbons (Fsp3) is 0.429. The number of carbonyl (C=O) groups is 4. The number of likely N-dealkylation sites (tertiary alicyclic amines) is 1. The van der Waals surface area contributed by atoms with E-state index < -0.39 is 35.6 Å². The molecular formula is C42H48F4N8O5. The molecule has 17 heteroatoms. The van der Waals surface area contributed by atoms with E-state index in [0.717, 1.165) is 61.0 Å². The number of aliphatic carboxylic acids is 1.